The van der Waals surface area contributed by atoms with Crippen LogP contribution in [0.5, 0.6) is 5.75 Å². The average Bonchev–Trinajstić information content (AvgIpc) is 2.52. The highest BCUT2D eigenvalue weighted by Crippen LogP contribution is 2.37. The molecule has 0 N–H and O–H groups in total. The highest BCUT2D eigenvalue weighted by molar-refractivity contribution is 6.51. The van der Waals surface area contributed by atoms with Crippen LogP contribution >= 0.6 is 0 Å². The summed E-state index contributed by atoms with van der Waals surface area (Å²) in [5, 5.41) is 0. The Kier molecular flexibility index (Phi) is 3.47. The van der Waals surface area contributed by atoms with E-state index in [1.54, 1.807) is 12.0 Å². The van der Waals surface area contributed by atoms with Gasteiger partial charge in [0.2, 0.25) is 5.78 Å². The molecule has 1 aromatic rings. The molecule has 0 spiro atoms. The van der Waals surface area contributed by atoms with Crippen molar-refractivity contribution < 1.29 is 14.3 Å². The van der Waals surface area contributed by atoms with Crippen LogP contribution in [-0.4, -0.2) is 24.8 Å². The number of Topliss-reactive ketones (excluding diaryl/α,β-unsaturated/α-hetero) is 1. The molecule has 1 saturated carbocycles. The van der Waals surface area contributed by atoms with Crippen molar-refractivity contribution >= 4 is 17.4 Å². The highest BCUT2D eigenvalue weighted by atomic mass is 16.5. The maximum absolute atomic E-state index is 12.0. The molecule has 2 aliphatic rings. The lowest BCUT2D eigenvalue weighted by Gasteiger charge is -2.44. The Bertz CT molecular complexity index is 517. The van der Waals surface area contributed by atoms with Crippen molar-refractivity contribution in [3.05, 3.63) is 24.3 Å². The largest absolute Gasteiger partial charge is 0.497 e. The van der Waals surface area contributed by atoms with E-state index in [4.69, 9.17) is 4.74 Å². The SMILES string of the molecule is COc1ccc(N2C(=O)C(=O)[C@H]2C2CCCCC2)cc1. The highest BCUT2D eigenvalue weighted by Gasteiger charge is 2.50. The van der Waals surface area contributed by atoms with E-state index in [0.29, 0.717) is 5.92 Å². The predicted octanol–water partition coefficient (Wildman–Crippen LogP) is 2.56. The molecule has 1 aliphatic heterocycles. The van der Waals surface area contributed by atoms with Crippen molar-refractivity contribution in [2.45, 2.75) is 38.1 Å². The number of carbonyl (C=O) groups is 2. The van der Waals surface area contributed by atoms with Gasteiger partial charge in [-0.3, -0.25) is 14.5 Å². The topological polar surface area (TPSA) is 46.6 Å². The van der Waals surface area contributed by atoms with Crippen molar-refractivity contribution in [2.75, 3.05) is 12.0 Å². The number of carbonyl (C=O) groups excluding carboxylic acids is 2. The lowest BCUT2D eigenvalue weighted by Crippen LogP contribution is -2.65. The number of nitrogens with zero attached hydrogens (tertiary/aromatic N) is 1. The lowest BCUT2D eigenvalue weighted by molar-refractivity contribution is -0.145. The first-order valence-corrected chi connectivity index (χ1v) is 7.24. The van der Waals surface area contributed by atoms with E-state index >= 15 is 0 Å². The van der Waals surface area contributed by atoms with Crippen molar-refractivity contribution in [3.8, 4) is 5.75 Å². The molecule has 0 radical (unpaired) electrons. The Hall–Kier alpha value is -1.84. The van der Waals surface area contributed by atoms with Gasteiger partial charge in [0.05, 0.1) is 7.11 Å². The zero-order chi connectivity index (χ0) is 14.1. The summed E-state index contributed by atoms with van der Waals surface area (Å²) in [4.78, 5) is 25.5. The van der Waals surface area contributed by atoms with Crippen molar-refractivity contribution in [1.82, 2.24) is 0 Å². The first-order chi connectivity index (χ1) is 9.72. The van der Waals surface area contributed by atoms with Crippen LogP contribution in [0, 0.1) is 5.92 Å². The Morgan fingerprint density at radius 3 is 2.30 bits per heavy atom. The second kappa shape index (κ2) is 5.27. The molecule has 4 nitrogen and oxygen atoms in total. The number of hydrogen-bond donors (Lipinski definition) is 0. The summed E-state index contributed by atoms with van der Waals surface area (Å²) < 4.78 is 5.12. The van der Waals surface area contributed by atoms with Crippen LogP contribution in [0.2, 0.25) is 0 Å². The van der Waals surface area contributed by atoms with E-state index in [-0.39, 0.29) is 17.7 Å². The number of β-lactam (4-membered cyclic amide) rings is 1. The van der Waals surface area contributed by atoms with Gasteiger partial charge in [-0.15, -0.1) is 0 Å². The summed E-state index contributed by atoms with van der Waals surface area (Å²) in [6, 6.07) is 7.10. The minimum Gasteiger partial charge on any atom is -0.497 e. The van der Waals surface area contributed by atoms with Crippen molar-refractivity contribution in [1.29, 1.82) is 0 Å². The van der Waals surface area contributed by atoms with Gasteiger partial charge in [0.15, 0.2) is 0 Å². The predicted molar refractivity (Wildman–Crippen MR) is 75.9 cm³/mol. The number of hydrogen-bond acceptors (Lipinski definition) is 3. The van der Waals surface area contributed by atoms with Gasteiger partial charge in [-0.05, 0) is 43.0 Å². The molecule has 1 atom stereocenters. The fourth-order valence-electron chi connectivity index (χ4n) is 3.32. The number of amides is 1. The summed E-state index contributed by atoms with van der Waals surface area (Å²) in [5.74, 6) is 0.497. The Morgan fingerprint density at radius 2 is 1.70 bits per heavy atom. The Labute approximate surface area is 118 Å². The minimum atomic E-state index is -0.370. The molecule has 1 heterocycles. The standard InChI is InChI=1S/C16H19NO3/c1-20-13-9-7-12(8-10-13)17-14(15(18)16(17)19)11-5-3-2-4-6-11/h7-11,14H,2-6H2,1H3/t14-/m1/s1. The normalized spacial score (nSPS) is 23.6. The molecule has 3 rings (SSSR count). The Balaban J connectivity index is 1.82. The van der Waals surface area contributed by atoms with Crippen molar-refractivity contribution in [3.63, 3.8) is 0 Å². The number of ether oxygens (including phenoxy) is 1. The molecule has 20 heavy (non-hydrogen) atoms. The molecular formula is C16H19NO3. The van der Waals surface area contributed by atoms with Crippen LogP contribution in [0.15, 0.2) is 24.3 Å². The number of anilines is 1. The molecule has 1 aliphatic carbocycles. The minimum absolute atomic E-state index is 0.215. The molecule has 4 heteroatoms. The fraction of sp³-hybridized carbons (Fsp3) is 0.500. The first-order valence-electron chi connectivity index (χ1n) is 7.24. The van der Waals surface area contributed by atoms with Gasteiger partial charge in [-0.25, -0.2) is 0 Å². The maximum Gasteiger partial charge on any atom is 0.297 e. The molecule has 1 aromatic carbocycles. The number of methoxy groups -OCH3 is 1. The quantitative estimate of drug-likeness (QED) is 0.628. The third kappa shape index (κ3) is 2.09. The zero-order valence-electron chi connectivity index (χ0n) is 11.7. The summed E-state index contributed by atoms with van der Waals surface area (Å²) in [5.41, 5.74) is 0.797. The molecule has 0 bridgehead atoms. The van der Waals surface area contributed by atoms with Crippen LogP contribution in [0.4, 0.5) is 5.69 Å². The van der Waals surface area contributed by atoms with Crippen LogP contribution in [-0.2, 0) is 9.59 Å². The zero-order valence-corrected chi connectivity index (χ0v) is 11.7. The molecule has 2 fully saturated rings. The smallest absolute Gasteiger partial charge is 0.297 e. The van der Waals surface area contributed by atoms with E-state index in [0.717, 1.165) is 24.3 Å². The second-order valence-corrected chi connectivity index (χ2v) is 5.58. The van der Waals surface area contributed by atoms with E-state index in [9.17, 15) is 9.59 Å². The fourth-order valence-corrected chi connectivity index (χ4v) is 3.32. The van der Waals surface area contributed by atoms with Crippen LogP contribution in [0.1, 0.15) is 32.1 Å². The lowest BCUT2D eigenvalue weighted by atomic mass is 9.77. The molecule has 0 unspecified atom stereocenters. The third-order valence-corrected chi connectivity index (χ3v) is 4.42. The van der Waals surface area contributed by atoms with E-state index in [2.05, 4.69) is 0 Å². The molecule has 1 saturated heterocycles. The van der Waals surface area contributed by atoms with Crippen molar-refractivity contribution in [2.24, 2.45) is 5.92 Å². The number of rotatable bonds is 3. The molecule has 1 amide bonds. The molecule has 106 valence electrons. The van der Waals surface area contributed by atoms with E-state index < -0.39 is 0 Å². The summed E-state index contributed by atoms with van der Waals surface area (Å²) in [7, 11) is 1.61. The van der Waals surface area contributed by atoms with Crippen LogP contribution < -0.4 is 9.64 Å². The third-order valence-electron chi connectivity index (χ3n) is 4.42. The van der Waals surface area contributed by atoms with Gasteiger partial charge in [-0.2, -0.15) is 0 Å². The first kappa shape index (κ1) is 13.2. The van der Waals surface area contributed by atoms with Crippen LogP contribution in [0.25, 0.3) is 0 Å². The van der Waals surface area contributed by atoms with Gasteiger partial charge in [-0.1, -0.05) is 19.3 Å². The van der Waals surface area contributed by atoms with Gasteiger partial charge in [0.25, 0.3) is 5.91 Å². The summed E-state index contributed by atoms with van der Waals surface area (Å²) in [6.07, 6.45) is 5.68. The average molecular weight is 273 g/mol. The second-order valence-electron chi connectivity index (χ2n) is 5.58. The van der Waals surface area contributed by atoms with Crippen LogP contribution in [0.3, 0.4) is 0 Å². The van der Waals surface area contributed by atoms with Gasteiger partial charge < -0.3 is 4.74 Å². The monoisotopic (exact) mass is 273 g/mol. The molecular weight excluding hydrogens is 254 g/mol. The van der Waals surface area contributed by atoms with Gasteiger partial charge in [0.1, 0.15) is 11.8 Å². The summed E-state index contributed by atoms with van der Waals surface area (Å²) >= 11 is 0. The van der Waals surface area contributed by atoms with E-state index in [1.807, 2.05) is 24.3 Å². The van der Waals surface area contributed by atoms with Gasteiger partial charge in [0, 0.05) is 5.69 Å². The Morgan fingerprint density at radius 1 is 1.05 bits per heavy atom. The number of ketones is 1. The molecule has 0 aromatic heterocycles. The number of benzene rings is 1. The van der Waals surface area contributed by atoms with E-state index in [1.165, 1.54) is 19.3 Å². The summed E-state index contributed by atoms with van der Waals surface area (Å²) in [6.45, 7) is 0. The van der Waals surface area contributed by atoms with Gasteiger partial charge >= 0.3 is 0 Å². The maximum atomic E-state index is 12.0.